The maximum atomic E-state index is 12.7. The third-order valence-corrected chi connectivity index (χ3v) is 8.41. The largest absolute Gasteiger partial charge is 0.394 e. The molecule has 1 saturated heterocycles. The van der Waals surface area contributed by atoms with E-state index in [2.05, 4.69) is 29.7 Å². The van der Waals surface area contributed by atoms with Gasteiger partial charge >= 0.3 is 0 Å². The molecule has 1 aromatic rings. The fourth-order valence-electron chi connectivity index (χ4n) is 5.48. The summed E-state index contributed by atoms with van der Waals surface area (Å²) < 4.78 is 10.9. The molecular weight excluding hydrogens is 596 g/mol. The summed E-state index contributed by atoms with van der Waals surface area (Å²) in [5.74, 6) is -0.477. The van der Waals surface area contributed by atoms with Gasteiger partial charge in [-0.05, 0) is 44.1 Å². The molecule has 1 heterocycles. The summed E-state index contributed by atoms with van der Waals surface area (Å²) in [6.07, 6.45) is 0.413. The standard InChI is InChI=1S/C34H58N2O10/c1-2-3-4-5-12-19-29(40)36-25(23-45-34-33(44)32(43)31(42)27(22-37)46-34)30(41)26(38)18-14-20-28(39)35-21-13-7-6-9-15-24-16-10-8-11-17-24/h8,10-11,16-17,25-27,30-34,37-38,41-44H,2-7,9,12-15,18-23H2,1H3,(H,35,39)(H,36,40)/t25-,26+,27+,30-,31-,32-,33+,34-/m0/s1. The topological polar surface area (TPSA) is 198 Å². The third-order valence-electron chi connectivity index (χ3n) is 8.41. The molecule has 0 radical (unpaired) electrons. The van der Waals surface area contributed by atoms with E-state index in [0.29, 0.717) is 19.4 Å². The Labute approximate surface area is 273 Å². The number of amides is 2. The Balaban J connectivity index is 1.77. The summed E-state index contributed by atoms with van der Waals surface area (Å²) in [6.45, 7) is 1.65. The van der Waals surface area contributed by atoms with Crippen molar-refractivity contribution in [1.82, 2.24) is 10.6 Å². The van der Waals surface area contributed by atoms with Crippen molar-refractivity contribution in [2.24, 2.45) is 0 Å². The molecule has 46 heavy (non-hydrogen) atoms. The molecule has 8 N–H and O–H groups in total. The lowest BCUT2D eigenvalue weighted by atomic mass is 9.99. The van der Waals surface area contributed by atoms with E-state index < -0.39 is 62.2 Å². The van der Waals surface area contributed by atoms with E-state index in [1.54, 1.807) is 0 Å². The van der Waals surface area contributed by atoms with Crippen molar-refractivity contribution in [1.29, 1.82) is 0 Å². The SMILES string of the molecule is CCCCCCCC(=O)N[C@@H](CO[C@H]1O[C@H](CO)[C@H](O)[C@H](O)[C@H]1O)[C@H](O)[C@H](O)CCCC(=O)NCCCCCCc1ccccc1. The lowest BCUT2D eigenvalue weighted by Crippen LogP contribution is -2.60. The van der Waals surface area contributed by atoms with Crippen LogP contribution in [0.5, 0.6) is 0 Å². The first-order valence-corrected chi connectivity index (χ1v) is 17.1. The minimum Gasteiger partial charge on any atom is -0.394 e. The third kappa shape index (κ3) is 15.2. The normalized spacial score (nSPS) is 23.4. The van der Waals surface area contributed by atoms with Gasteiger partial charge in [0.2, 0.25) is 11.8 Å². The Kier molecular flexibility index (Phi) is 20.2. The Bertz CT molecular complexity index is 953. The number of carbonyl (C=O) groups is 2. The number of hydrogen-bond acceptors (Lipinski definition) is 10. The molecule has 0 unspecified atom stereocenters. The highest BCUT2D eigenvalue weighted by Crippen LogP contribution is 2.22. The monoisotopic (exact) mass is 654 g/mol. The molecule has 264 valence electrons. The van der Waals surface area contributed by atoms with Crippen molar-refractivity contribution in [3.63, 3.8) is 0 Å². The molecule has 12 heteroatoms. The van der Waals surface area contributed by atoms with E-state index in [0.717, 1.165) is 57.8 Å². The highest BCUT2D eigenvalue weighted by Gasteiger charge is 2.44. The van der Waals surface area contributed by atoms with Gasteiger partial charge < -0.3 is 50.7 Å². The molecule has 0 aliphatic carbocycles. The minimum atomic E-state index is -1.65. The Hall–Kier alpha value is -2.16. The van der Waals surface area contributed by atoms with Gasteiger partial charge in [-0.25, -0.2) is 0 Å². The predicted molar refractivity (Wildman–Crippen MR) is 173 cm³/mol. The highest BCUT2D eigenvalue weighted by molar-refractivity contribution is 5.76. The molecule has 1 aliphatic rings. The number of nitrogens with one attached hydrogen (secondary N) is 2. The van der Waals surface area contributed by atoms with E-state index in [-0.39, 0.29) is 31.1 Å². The number of aryl methyl sites for hydroxylation is 1. The van der Waals surface area contributed by atoms with Gasteiger partial charge in [-0.2, -0.15) is 0 Å². The van der Waals surface area contributed by atoms with Gasteiger partial charge in [-0.3, -0.25) is 9.59 Å². The van der Waals surface area contributed by atoms with Gasteiger partial charge in [0, 0.05) is 19.4 Å². The van der Waals surface area contributed by atoms with Crippen molar-refractivity contribution >= 4 is 11.8 Å². The first-order chi connectivity index (χ1) is 22.2. The summed E-state index contributed by atoms with van der Waals surface area (Å²) in [7, 11) is 0. The second kappa shape index (κ2) is 23.2. The zero-order valence-electron chi connectivity index (χ0n) is 27.3. The highest BCUT2D eigenvalue weighted by atomic mass is 16.7. The summed E-state index contributed by atoms with van der Waals surface area (Å²) in [4.78, 5) is 25.0. The van der Waals surface area contributed by atoms with E-state index in [1.165, 1.54) is 5.56 Å². The van der Waals surface area contributed by atoms with Crippen molar-refractivity contribution in [2.75, 3.05) is 19.8 Å². The molecule has 1 aliphatic heterocycles. The molecule has 2 rings (SSSR count). The molecular formula is C34H58N2O10. The number of carbonyl (C=O) groups excluding carboxylic acids is 2. The first-order valence-electron chi connectivity index (χ1n) is 17.1. The van der Waals surface area contributed by atoms with Crippen LogP contribution >= 0.6 is 0 Å². The van der Waals surface area contributed by atoms with Gasteiger partial charge in [0.15, 0.2) is 6.29 Å². The maximum Gasteiger partial charge on any atom is 0.220 e. The van der Waals surface area contributed by atoms with Crippen LogP contribution in [0.15, 0.2) is 30.3 Å². The van der Waals surface area contributed by atoms with E-state index in [1.807, 2.05) is 18.2 Å². The van der Waals surface area contributed by atoms with Crippen LogP contribution in [0.1, 0.15) is 96.0 Å². The Morgan fingerprint density at radius 3 is 2.24 bits per heavy atom. The predicted octanol–water partition coefficient (Wildman–Crippen LogP) is 1.46. The number of aliphatic hydroxyl groups excluding tert-OH is 6. The number of aliphatic hydroxyl groups is 6. The van der Waals surface area contributed by atoms with Crippen LogP contribution in [0.25, 0.3) is 0 Å². The van der Waals surface area contributed by atoms with E-state index in [4.69, 9.17) is 9.47 Å². The molecule has 2 amide bonds. The molecule has 0 spiro atoms. The van der Waals surface area contributed by atoms with Gasteiger partial charge in [0.25, 0.3) is 0 Å². The zero-order valence-corrected chi connectivity index (χ0v) is 27.3. The number of ether oxygens (including phenoxy) is 2. The number of hydrogen-bond donors (Lipinski definition) is 8. The van der Waals surface area contributed by atoms with Crippen LogP contribution in [0.3, 0.4) is 0 Å². The Morgan fingerprint density at radius 2 is 1.52 bits per heavy atom. The fraction of sp³-hybridized carbons (Fsp3) is 0.765. The molecule has 8 atom stereocenters. The average molecular weight is 655 g/mol. The summed E-state index contributed by atoms with van der Waals surface area (Å²) in [6, 6.07) is 9.25. The fourth-order valence-corrected chi connectivity index (χ4v) is 5.48. The molecule has 0 bridgehead atoms. The van der Waals surface area contributed by atoms with Crippen molar-refractivity contribution < 1.29 is 49.7 Å². The molecule has 12 nitrogen and oxygen atoms in total. The van der Waals surface area contributed by atoms with Crippen LogP contribution in [-0.2, 0) is 25.5 Å². The van der Waals surface area contributed by atoms with Gasteiger partial charge in [0.05, 0.1) is 25.4 Å². The Morgan fingerprint density at radius 1 is 0.848 bits per heavy atom. The smallest absolute Gasteiger partial charge is 0.220 e. The van der Waals surface area contributed by atoms with Crippen molar-refractivity contribution in [2.45, 2.75) is 146 Å². The second-order valence-corrected chi connectivity index (χ2v) is 12.3. The lowest BCUT2D eigenvalue weighted by molar-refractivity contribution is -0.303. The van der Waals surface area contributed by atoms with Crippen molar-refractivity contribution in [3.8, 4) is 0 Å². The summed E-state index contributed by atoms with van der Waals surface area (Å²) in [5.41, 5.74) is 1.33. The van der Waals surface area contributed by atoms with Crippen LogP contribution in [0, 0.1) is 0 Å². The molecule has 1 fully saturated rings. The van der Waals surface area contributed by atoms with Gasteiger partial charge in [-0.1, -0.05) is 75.8 Å². The minimum absolute atomic E-state index is 0.0947. The van der Waals surface area contributed by atoms with Crippen molar-refractivity contribution in [3.05, 3.63) is 35.9 Å². The zero-order chi connectivity index (χ0) is 33.7. The van der Waals surface area contributed by atoms with E-state index >= 15 is 0 Å². The number of benzene rings is 1. The maximum absolute atomic E-state index is 12.7. The number of rotatable bonds is 24. The van der Waals surface area contributed by atoms with Crippen LogP contribution < -0.4 is 10.6 Å². The van der Waals surface area contributed by atoms with Crippen LogP contribution in [0.2, 0.25) is 0 Å². The quantitative estimate of drug-likeness (QED) is 0.0756. The van der Waals surface area contributed by atoms with Gasteiger partial charge in [-0.15, -0.1) is 0 Å². The second-order valence-electron chi connectivity index (χ2n) is 12.3. The van der Waals surface area contributed by atoms with Crippen LogP contribution in [-0.4, -0.2) is 111 Å². The van der Waals surface area contributed by atoms with Crippen LogP contribution in [0.4, 0.5) is 0 Å². The molecule has 1 aromatic carbocycles. The first kappa shape index (κ1) is 40.0. The average Bonchev–Trinajstić information content (AvgIpc) is 3.05. The summed E-state index contributed by atoms with van der Waals surface area (Å²) in [5, 5.41) is 67.1. The van der Waals surface area contributed by atoms with E-state index in [9.17, 15) is 40.2 Å². The molecule has 0 aromatic heterocycles. The molecule has 0 saturated carbocycles. The number of unbranched alkanes of at least 4 members (excludes halogenated alkanes) is 7. The van der Waals surface area contributed by atoms with Gasteiger partial charge in [0.1, 0.15) is 30.5 Å². The summed E-state index contributed by atoms with van der Waals surface area (Å²) >= 11 is 0. The lowest BCUT2D eigenvalue weighted by Gasteiger charge is -2.40.